The average Bonchev–Trinajstić information content (AvgIpc) is 3.21. The summed E-state index contributed by atoms with van der Waals surface area (Å²) in [6, 6.07) is 0. The quantitative estimate of drug-likeness (QED) is 0.0264. The molecular weight excluding hydrogens is 709 g/mol. The second-order valence-electron chi connectivity index (χ2n) is 16.4. The predicted octanol–water partition coefficient (Wildman–Crippen LogP) is 15.8. The van der Waals surface area contributed by atoms with Crippen LogP contribution >= 0.6 is 0 Å². The Morgan fingerprint density at radius 3 is 0.930 bits per heavy atom. The van der Waals surface area contributed by atoms with Gasteiger partial charge in [0.2, 0.25) is 0 Å². The van der Waals surface area contributed by atoms with Crippen LogP contribution < -0.4 is 0 Å². The first-order valence-corrected chi connectivity index (χ1v) is 24.5. The van der Waals surface area contributed by atoms with Crippen LogP contribution in [-0.4, -0.2) is 37.2 Å². The molecule has 0 fully saturated rings. The van der Waals surface area contributed by atoms with E-state index < -0.39 is 6.10 Å². The molecule has 57 heavy (non-hydrogen) atoms. The van der Waals surface area contributed by atoms with Crippen LogP contribution in [0.5, 0.6) is 0 Å². The van der Waals surface area contributed by atoms with E-state index in [9.17, 15) is 14.4 Å². The third-order valence-electron chi connectivity index (χ3n) is 10.6. The molecule has 0 saturated carbocycles. The molecule has 0 radical (unpaired) electrons. The van der Waals surface area contributed by atoms with Crippen LogP contribution in [0.3, 0.4) is 0 Å². The Kier molecular flexibility index (Phi) is 44.4. The molecule has 0 bridgehead atoms. The van der Waals surface area contributed by atoms with Crippen LogP contribution in [-0.2, 0) is 28.6 Å². The SMILES string of the molecule is CCCC/C=C\CCCCCCCC(=O)OCC(COC(=O)CCCCCCCCC/C=C\CCCCCCCC)OC(=O)CCCCCCC/C=C\CCCC. The maximum Gasteiger partial charge on any atom is 0.306 e. The zero-order chi connectivity index (χ0) is 41.5. The summed E-state index contributed by atoms with van der Waals surface area (Å²) in [4.78, 5) is 37.8. The Bertz CT molecular complexity index is 969. The first-order chi connectivity index (χ1) is 28.0. The number of allylic oxidation sites excluding steroid dienone is 6. The number of unbranched alkanes of at least 4 members (excludes halogenated alkanes) is 27. The Morgan fingerprint density at radius 1 is 0.333 bits per heavy atom. The van der Waals surface area contributed by atoms with Gasteiger partial charge in [-0.05, 0) is 83.5 Å². The summed E-state index contributed by atoms with van der Waals surface area (Å²) in [7, 11) is 0. The van der Waals surface area contributed by atoms with E-state index in [1.54, 1.807) is 0 Å². The van der Waals surface area contributed by atoms with E-state index in [0.717, 1.165) is 77.0 Å². The molecule has 0 rings (SSSR count). The minimum absolute atomic E-state index is 0.0794. The summed E-state index contributed by atoms with van der Waals surface area (Å²) in [5.41, 5.74) is 0. The molecule has 1 atom stereocenters. The van der Waals surface area contributed by atoms with E-state index in [1.807, 2.05) is 0 Å². The van der Waals surface area contributed by atoms with E-state index in [-0.39, 0.29) is 31.1 Å². The average molecular weight is 801 g/mol. The van der Waals surface area contributed by atoms with Gasteiger partial charge in [-0.25, -0.2) is 0 Å². The van der Waals surface area contributed by atoms with Gasteiger partial charge in [0, 0.05) is 19.3 Å². The highest BCUT2D eigenvalue weighted by Gasteiger charge is 2.19. The molecule has 0 aromatic carbocycles. The third kappa shape index (κ3) is 44.6. The zero-order valence-electron chi connectivity index (χ0n) is 37.9. The summed E-state index contributed by atoms with van der Waals surface area (Å²) in [5.74, 6) is -0.900. The first kappa shape index (κ1) is 54.6. The second-order valence-corrected chi connectivity index (χ2v) is 16.4. The highest BCUT2D eigenvalue weighted by molar-refractivity contribution is 5.71. The molecule has 0 aliphatic rings. The summed E-state index contributed by atoms with van der Waals surface area (Å²) in [6.07, 6.45) is 52.7. The number of carbonyl (C=O) groups excluding carboxylic acids is 3. The fourth-order valence-corrected chi connectivity index (χ4v) is 6.81. The van der Waals surface area contributed by atoms with E-state index in [2.05, 4.69) is 57.2 Å². The zero-order valence-corrected chi connectivity index (χ0v) is 37.9. The van der Waals surface area contributed by atoms with Crippen molar-refractivity contribution in [2.45, 2.75) is 258 Å². The van der Waals surface area contributed by atoms with E-state index in [0.29, 0.717) is 19.3 Å². The van der Waals surface area contributed by atoms with Crippen LogP contribution in [0.15, 0.2) is 36.5 Å². The number of ether oxygens (including phenoxy) is 3. The first-order valence-electron chi connectivity index (χ1n) is 24.5. The molecule has 0 spiro atoms. The van der Waals surface area contributed by atoms with Crippen LogP contribution in [0.25, 0.3) is 0 Å². The molecular formula is C51H92O6. The van der Waals surface area contributed by atoms with Gasteiger partial charge in [-0.2, -0.15) is 0 Å². The largest absolute Gasteiger partial charge is 0.462 e. The number of carbonyl (C=O) groups is 3. The lowest BCUT2D eigenvalue weighted by molar-refractivity contribution is -0.167. The molecule has 0 N–H and O–H groups in total. The van der Waals surface area contributed by atoms with Crippen molar-refractivity contribution < 1.29 is 28.6 Å². The molecule has 0 saturated heterocycles. The van der Waals surface area contributed by atoms with E-state index in [4.69, 9.17) is 14.2 Å². The summed E-state index contributed by atoms with van der Waals surface area (Å²) >= 11 is 0. The van der Waals surface area contributed by atoms with Crippen LogP contribution in [0.2, 0.25) is 0 Å². The number of rotatable bonds is 44. The summed E-state index contributed by atoms with van der Waals surface area (Å²) < 4.78 is 16.7. The van der Waals surface area contributed by atoms with Gasteiger partial charge in [0.05, 0.1) is 0 Å². The molecule has 332 valence electrons. The van der Waals surface area contributed by atoms with Crippen LogP contribution in [0.1, 0.15) is 252 Å². The standard InChI is InChI=1S/C51H92O6/c1-4-7-10-13-16-19-22-23-24-25-26-27-30-32-35-38-41-44-50(53)56-47-48(57-51(54)45-42-39-36-33-29-21-18-15-12-9-6-3)46-55-49(52)43-40-37-34-31-28-20-17-14-11-8-5-2/h14-15,17-18,23-24,48H,4-13,16,19-22,25-47H2,1-3H3/b17-14-,18-15-,24-23-. The molecule has 0 aliphatic heterocycles. The van der Waals surface area contributed by atoms with Gasteiger partial charge in [0.25, 0.3) is 0 Å². The Balaban J connectivity index is 4.33. The monoisotopic (exact) mass is 801 g/mol. The molecule has 0 aromatic heterocycles. The number of hydrogen-bond acceptors (Lipinski definition) is 6. The second kappa shape index (κ2) is 46.3. The van der Waals surface area contributed by atoms with Gasteiger partial charge in [-0.1, -0.05) is 186 Å². The lowest BCUT2D eigenvalue weighted by Gasteiger charge is -2.18. The normalized spacial score (nSPS) is 12.3. The van der Waals surface area contributed by atoms with Gasteiger partial charge < -0.3 is 14.2 Å². The maximum atomic E-state index is 12.7. The number of esters is 3. The van der Waals surface area contributed by atoms with Crippen molar-refractivity contribution in [2.75, 3.05) is 13.2 Å². The highest BCUT2D eigenvalue weighted by Crippen LogP contribution is 2.14. The molecule has 6 heteroatoms. The third-order valence-corrected chi connectivity index (χ3v) is 10.6. The fourth-order valence-electron chi connectivity index (χ4n) is 6.81. The van der Waals surface area contributed by atoms with Crippen molar-refractivity contribution in [3.63, 3.8) is 0 Å². The van der Waals surface area contributed by atoms with Gasteiger partial charge in [-0.15, -0.1) is 0 Å². The molecule has 0 aliphatic carbocycles. The Hall–Kier alpha value is -2.37. The molecule has 0 aromatic rings. The van der Waals surface area contributed by atoms with Gasteiger partial charge in [0.1, 0.15) is 13.2 Å². The Labute approximate surface area is 353 Å². The van der Waals surface area contributed by atoms with Crippen molar-refractivity contribution in [1.29, 1.82) is 0 Å². The van der Waals surface area contributed by atoms with Crippen LogP contribution in [0, 0.1) is 0 Å². The van der Waals surface area contributed by atoms with Gasteiger partial charge in [-0.3, -0.25) is 14.4 Å². The topological polar surface area (TPSA) is 78.9 Å². The van der Waals surface area contributed by atoms with Gasteiger partial charge in [0.15, 0.2) is 6.10 Å². The fraction of sp³-hybridized carbons (Fsp3) is 0.824. The highest BCUT2D eigenvalue weighted by atomic mass is 16.6. The van der Waals surface area contributed by atoms with Gasteiger partial charge >= 0.3 is 17.9 Å². The molecule has 0 heterocycles. The van der Waals surface area contributed by atoms with Crippen LogP contribution in [0.4, 0.5) is 0 Å². The van der Waals surface area contributed by atoms with Crippen molar-refractivity contribution in [3.8, 4) is 0 Å². The molecule has 6 nitrogen and oxygen atoms in total. The van der Waals surface area contributed by atoms with E-state index in [1.165, 1.54) is 135 Å². The Morgan fingerprint density at radius 2 is 0.596 bits per heavy atom. The minimum Gasteiger partial charge on any atom is -0.462 e. The predicted molar refractivity (Wildman–Crippen MR) is 242 cm³/mol. The van der Waals surface area contributed by atoms with Crippen molar-refractivity contribution >= 4 is 17.9 Å². The summed E-state index contributed by atoms with van der Waals surface area (Å²) in [5, 5.41) is 0. The van der Waals surface area contributed by atoms with Crippen molar-refractivity contribution in [1.82, 2.24) is 0 Å². The smallest absolute Gasteiger partial charge is 0.306 e. The summed E-state index contributed by atoms with van der Waals surface area (Å²) in [6.45, 7) is 6.54. The molecule has 1 unspecified atom stereocenters. The lowest BCUT2D eigenvalue weighted by Crippen LogP contribution is -2.30. The molecule has 0 amide bonds. The van der Waals surface area contributed by atoms with Crippen molar-refractivity contribution in [3.05, 3.63) is 36.5 Å². The van der Waals surface area contributed by atoms with Crippen molar-refractivity contribution in [2.24, 2.45) is 0 Å². The minimum atomic E-state index is -0.777. The maximum absolute atomic E-state index is 12.7. The van der Waals surface area contributed by atoms with E-state index >= 15 is 0 Å². The lowest BCUT2D eigenvalue weighted by atomic mass is 10.1. The number of hydrogen-bond donors (Lipinski definition) is 0.